The van der Waals surface area contributed by atoms with E-state index in [-0.39, 0.29) is 0 Å². The molecule has 88 valence electrons. The third kappa shape index (κ3) is 2.82. The van der Waals surface area contributed by atoms with Crippen molar-refractivity contribution in [3.05, 3.63) is 30.1 Å². The van der Waals surface area contributed by atoms with Crippen LogP contribution < -0.4 is 0 Å². The number of nitrogens with zero attached hydrogens (tertiary/aromatic N) is 1. The zero-order valence-corrected chi connectivity index (χ0v) is 10.0. The Kier molecular flexibility index (Phi) is 3.59. The normalized spacial score (nSPS) is 30.2. The quantitative estimate of drug-likeness (QED) is 0.848. The molecule has 1 aliphatic rings. The summed E-state index contributed by atoms with van der Waals surface area (Å²) in [5.74, 6) is 0.709. The predicted molar refractivity (Wildman–Crippen MR) is 65.1 cm³/mol. The van der Waals surface area contributed by atoms with Crippen molar-refractivity contribution < 1.29 is 5.11 Å². The van der Waals surface area contributed by atoms with E-state index in [9.17, 15) is 5.11 Å². The number of rotatable bonds is 3. The van der Waals surface area contributed by atoms with Crippen LogP contribution in [0, 0.1) is 5.92 Å². The number of aliphatic hydroxyl groups is 1. The summed E-state index contributed by atoms with van der Waals surface area (Å²) in [6.45, 7) is 2.23. The zero-order chi connectivity index (χ0) is 11.4. The molecule has 1 fully saturated rings. The lowest BCUT2D eigenvalue weighted by Gasteiger charge is -2.36. The highest BCUT2D eigenvalue weighted by Gasteiger charge is 2.33. The van der Waals surface area contributed by atoms with Gasteiger partial charge in [-0.3, -0.25) is 4.98 Å². The third-order valence-corrected chi connectivity index (χ3v) is 3.78. The molecule has 2 unspecified atom stereocenters. The van der Waals surface area contributed by atoms with Gasteiger partial charge in [0.2, 0.25) is 0 Å². The van der Waals surface area contributed by atoms with Crippen LogP contribution in [0.3, 0.4) is 0 Å². The fourth-order valence-corrected chi connectivity index (χ4v) is 2.85. The maximum absolute atomic E-state index is 10.6. The molecule has 2 heteroatoms. The van der Waals surface area contributed by atoms with Crippen molar-refractivity contribution in [3.63, 3.8) is 0 Å². The van der Waals surface area contributed by atoms with Crippen LogP contribution in [-0.4, -0.2) is 15.7 Å². The van der Waals surface area contributed by atoms with Gasteiger partial charge in [-0.05, 0) is 36.5 Å². The molecule has 1 aliphatic carbocycles. The first-order valence-corrected chi connectivity index (χ1v) is 6.33. The van der Waals surface area contributed by atoms with Gasteiger partial charge in [-0.1, -0.05) is 26.2 Å². The number of pyridine rings is 1. The van der Waals surface area contributed by atoms with E-state index in [0.29, 0.717) is 5.92 Å². The van der Waals surface area contributed by atoms with E-state index < -0.39 is 5.60 Å². The van der Waals surface area contributed by atoms with E-state index in [1.54, 1.807) is 12.4 Å². The lowest BCUT2D eigenvalue weighted by molar-refractivity contribution is -0.0162. The largest absolute Gasteiger partial charge is 0.390 e. The topological polar surface area (TPSA) is 33.1 Å². The Hall–Kier alpha value is -0.890. The molecule has 0 amide bonds. The number of aromatic nitrogens is 1. The van der Waals surface area contributed by atoms with E-state index in [1.807, 2.05) is 12.1 Å². The summed E-state index contributed by atoms with van der Waals surface area (Å²) in [4.78, 5) is 4.01. The molecular formula is C14H21NO. The van der Waals surface area contributed by atoms with Gasteiger partial charge in [0.1, 0.15) is 0 Å². The highest BCUT2D eigenvalue weighted by molar-refractivity contribution is 5.13. The van der Waals surface area contributed by atoms with Crippen LogP contribution in [0.5, 0.6) is 0 Å². The maximum atomic E-state index is 10.6. The standard InChI is InChI=1S/C14H21NO/c1-2-12-4-3-7-14(16,10-12)11-13-5-8-15-9-6-13/h5-6,8-9,12,16H,2-4,7,10-11H2,1H3. The molecule has 0 radical (unpaired) electrons. The van der Waals surface area contributed by atoms with Gasteiger partial charge < -0.3 is 5.11 Å². The van der Waals surface area contributed by atoms with Crippen molar-refractivity contribution in [2.45, 2.75) is 51.0 Å². The van der Waals surface area contributed by atoms with Crippen LogP contribution in [0.4, 0.5) is 0 Å². The first-order chi connectivity index (χ1) is 7.72. The minimum Gasteiger partial charge on any atom is -0.390 e. The monoisotopic (exact) mass is 219 g/mol. The van der Waals surface area contributed by atoms with Crippen molar-refractivity contribution in [2.24, 2.45) is 5.92 Å². The molecule has 0 bridgehead atoms. The van der Waals surface area contributed by atoms with Crippen molar-refractivity contribution in [1.29, 1.82) is 0 Å². The third-order valence-electron chi connectivity index (χ3n) is 3.78. The van der Waals surface area contributed by atoms with Crippen LogP contribution in [0.25, 0.3) is 0 Å². The molecule has 1 saturated carbocycles. The minimum atomic E-state index is -0.472. The van der Waals surface area contributed by atoms with E-state index in [2.05, 4.69) is 11.9 Å². The van der Waals surface area contributed by atoms with Crippen LogP contribution in [-0.2, 0) is 6.42 Å². The highest BCUT2D eigenvalue weighted by atomic mass is 16.3. The maximum Gasteiger partial charge on any atom is 0.0690 e. The fourth-order valence-electron chi connectivity index (χ4n) is 2.85. The van der Waals surface area contributed by atoms with Crippen LogP contribution in [0.15, 0.2) is 24.5 Å². The summed E-state index contributed by atoms with van der Waals surface area (Å²) in [6, 6.07) is 4.01. The Morgan fingerprint density at radius 1 is 1.44 bits per heavy atom. The molecule has 1 aromatic rings. The first kappa shape index (κ1) is 11.6. The molecule has 0 spiro atoms. The van der Waals surface area contributed by atoms with Crippen molar-refractivity contribution in [2.75, 3.05) is 0 Å². The summed E-state index contributed by atoms with van der Waals surface area (Å²) >= 11 is 0. The summed E-state index contributed by atoms with van der Waals surface area (Å²) in [5.41, 5.74) is 0.731. The number of hydrogen-bond acceptors (Lipinski definition) is 2. The Balaban J connectivity index is 2.02. The molecule has 1 heterocycles. The van der Waals surface area contributed by atoms with Gasteiger partial charge in [0.15, 0.2) is 0 Å². The minimum absolute atomic E-state index is 0.472. The summed E-state index contributed by atoms with van der Waals surface area (Å²) < 4.78 is 0. The van der Waals surface area contributed by atoms with Crippen LogP contribution in [0.1, 0.15) is 44.6 Å². The van der Waals surface area contributed by atoms with E-state index in [1.165, 1.54) is 24.8 Å². The molecule has 0 saturated heterocycles. The van der Waals surface area contributed by atoms with Crippen LogP contribution >= 0.6 is 0 Å². The Morgan fingerprint density at radius 3 is 2.88 bits per heavy atom. The van der Waals surface area contributed by atoms with Gasteiger partial charge in [-0.25, -0.2) is 0 Å². The summed E-state index contributed by atoms with van der Waals surface area (Å²) in [6.07, 6.45) is 9.95. The van der Waals surface area contributed by atoms with Gasteiger partial charge in [0.25, 0.3) is 0 Å². The van der Waals surface area contributed by atoms with Crippen molar-refractivity contribution in [1.82, 2.24) is 4.98 Å². The molecule has 2 atom stereocenters. The molecule has 2 rings (SSSR count). The fraction of sp³-hybridized carbons (Fsp3) is 0.643. The number of hydrogen-bond donors (Lipinski definition) is 1. The van der Waals surface area contributed by atoms with E-state index in [4.69, 9.17) is 0 Å². The molecule has 0 aromatic carbocycles. The summed E-state index contributed by atoms with van der Waals surface area (Å²) in [7, 11) is 0. The first-order valence-electron chi connectivity index (χ1n) is 6.33. The molecular weight excluding hydrogens is 198 g/mol. The van der Waals surface area contributed by atoms with Gasteiger partial charge in [0.05, 0.1) is 5.60 Å². The second kappa shape index (κ2) is 4.96. The Labute approximate surface area is 97.7 Å². The second-order valence-electron chi connectivity index (χ2n) is 5.13. The lowest BCUT2D eigenvalue weighted by atomic mass is 9.74. The van der Waals surface area contributed by atoms with Gasteiger partial charge in [-0.15, -0.1) is 0 Å². The van der Waals surface area contributed by atoms with Crippen LogP contribution in [0.2, 0.25) is 0 Å². The smallest absolute Gasteiger partial charge is 0.0690 e. The second-order valence-corrected chi connectivity index (χ2v) is 5.13. The molecule has 1 aromatic heterocycles. The Bertz CT molecular complexity index is 325. The zero-order valence-electron chi connectivity index (χ0n) is 10.0. The van der Waals surface area contributed by atoms with E-state index >= 15 is 0 Å². The average Bonchev–Trinajstić information content (AvgIpc) is 2.29. The molecule has 2 nitrogen and oxygen atoms in total. The van der Waals surface area contributed by atoms with Gasteiger partial charge >= 0.3 is 0 Å². The van der Waals surface area contributed by atoms with Crippen molar-refractivity contribution >= 4 is 0 Å². The highest BCUT2D eigenvalue weighted by Crippen LogP contribution is 2.36. The molecule has 1 N–H and O–H groups in total. The average molecular weight is 219 g/mol. The SMILES string of the molecule is CCC1CCCC(O)(Cc2ccncc2)C1. The molecule has 0 aliphatic heterocycles. The molecule has 16 heavy (non-hydrogen) atoms. The lowest BCUT2D eigenvalue weighted by Crippen LogP contribution is -2.37. The van der Waals surface area contributed by atoms with Crippen molar-refractivity contribution in [3.8, 4) is 0 Å². The van der Waals surface area contributed by atoms with Gasteiger partial charge in [0, 0.05) is 18.8 Å². The van der Waals surface area contributed by atoms with E-state index in [0.717, 1.165) is 19.3 Å². The summed E-state index contributed by atoms with van der Waals surface area (Å²) in [5, 5.41) is 10.6. The predicted octanol–water partition coefficient (Wildman–Crippen LogP) is 2.96. The van der Waals surface area contributed by atoms with Gasteiger partial charge in [-0.2, -0.15) is 0 Å². The Morgan fingerprint density at radius 2 is 2.19 bits per heavy atom.